The van der Waals surface area contributed by atoms with Crippen molar-refractivity contribution in [3.8, 4) is 5.75 Å². The van der Waals surface area contributed by atoms with Crippen molar-refractivity contribution in [2.45, 2.75) is 32.1 Å². The molecule has 1 spiro atoms. The number of amides is 2. The van der Waals surface area contributed by atoms with Gasteiger partial charge in [0.2, 0.25) is 11.8 Å². The van der Waals surface area contributed by atoms with E-state index >= 15 is 0 Å². The molecule has 0 bridgehead atoms. The van der Waals surface area contributed by atoms with Crippen LogP contribution >= 0.6 is 0 Å². The van der Waals surface area contributed by atoms with Gasteiger partial charge < -0.3 is 20.0 Å². The number of benzene rings is 1. The Hall–Kier alpha value is -2.08. The van der Waals surface area contributed by atoms with Gasteiger partial charge in [-0.3, -0.25) is 9.59 Å². The first-order chi connectivity index (χ1) is 12.0. The second-order valence-electron chi connectivity index (χ2n) is 7.26. The minimum Gasteiger partial charge on any atom is -0.508 e. The maximum Gasteiger partial charge on any atom is 0.226 e. The molecule has 2 amide bonds. The lowest BCUT2D eigenvalue weighted by Crippen LogP contribution is -2.53. The third-order valence-electron chi connectivity index (χ3n) is 5.59. The van der Waals surface area contributed by atoms with Crippen LogP contribution in [0.4, 0.5) is 0 Å². The van der Waals surface area contributed by atoms with Crippen LogP contribution in [0.15, 0.2) is 24.3 Å². The zero-order chi connectivity index (χ0) is 17.9. The van der Waals surface area contributed by atoms with Gasteiger partial charge in [0.25, 0.3) is 0 Å². The van der Waals surface area contributed by atoms with Crippen LogP contribution in [0.1, 0.15) is 31.2 Å². The van der Waals surface area contributed by atoms with Crippen LogP contribution in [-0.4, -0.2) is 64.6 Å². The van der Waals surface area contributed by atoms with Crippen LogP contribution in [0.5, 0.6) is 5.75 Å². The maximum absolute atomic E-state index is 12.5. The van der Waals surface area contributed by atoms with Crippen LogP contribution in [0.2, 0.25) is 0 Å². The number of phenols is 1. The Morgan fingerprint density at radius 3 is 2.44 bits per heavy atom. The average Bonchev–Trinajstić information content (AvgIpc) is 2.61. The molecule has 0 saturated carbocycles. The number of aliphatic hydroxyl groups excluding tert-OH is 1. The van der Waals surface area contributed by atoms with Crippen molar-refractivity contribution in [3.05, 3.63) is 29.8 Å². The van der Waals surface area contributed by atoms with Gasteiger partial charge in [-0.1, -0.05) is 12.1 Å². The Morgan fingerprint density at radius 1 is 1.12 bits per heavy atom. The fourth-order valence-electron chi connectivity index (χ4n) is 3.97. The topological polar surface area (TPSA) is 81.1 Å². The smallest absolute Gasteiger partial charge is 0.226 e. The molecular weight excluding hydrogens is 320 g/mol. The van der Waals surface area contributed by atoms with E-state index < -0.39 is 0 Å². The monoisotopic (exact) mass is 346 g/mol. The number of likely N-dealkylation sites (tertiary alicyclic amines) is 2. The Balaban J connectivity index is 1.55. The highest BCUT2D eigenvalue weighted by molar-refractivity contribution is 5.79. The number of phenolic OH excluding ortho intramolecular Hbond substituents is 1. The van der Waals surface area contributed by atoms with Crippen molar-refractivity contribution in [1.29, 1.82) is 0 Å². The van der Waals surface area contributed by atoms with Crippen molar-refractivity contribution < 1.29 is 19.8 Å². The van der Waals surface area contributed by atoms with Crippen molar-refractivity contribution in [3.63, 3.8) is 0 Å². The summed E-state index contributed by atoms with van der Waals surface area (Å²) < 4.78 is 0. The van der Waals surface area contributed by atoms with Gasteiger partial charge in [0, 0.05) is 32.6 Å². The first-order valence-corrected chi connectivity index (χ1v) is 8.96. The molecule has 136 valence electrons. The molecule has 0 unspecified atom stereocenters. The van der Waals surface area contributed by atoms with Crippen molar-refractivity contribution >= 4 is 11.8 Å². The van der Waals surface area contributed by atoms with E-state index in [4.69, 9.17) is 5.11 Å². The first kappa shape index (κ1) is 17.7. The lowest BCUT2D eigenvalue weighted by molar-refractivity contribution is -0.142. The Kier molecular flexibility index (Phi) is 5.27. The van der Waals surface area contributed by atoms with E-state index in [1.807, 2.05) is 4.90 Å². The maximum atomic E-state index is 12.5. The normalized spacial score (nSPS) is 20.1. The number of aliphatic hydroxyl groups is 1. The summed E-state index contributed by atoms with van der Waals surface area (Å²) in [6, 6.07) is 6.75. The van der Waals surface area contributed by atoms with Crippen LogP contribution in [-0.2, 0) is 16.0 Å². The fourth-order valence-corrected chi connectivity index (χ4v) is 3.97. The number of piperidine rings is 2. The van der Waals surface area contributed by atoms with Crippen molar-refractivity contribution in [1.82, 2.24) is 9.80 Å². The Bertz CT molecular complexity index is 621. The van der Waals surface area contributed by atoms with Gasteiger partial charge in [-0.15, -0.1) is 0 Å². The summed E-state index contributed by atoms with van der Waals surface area (Å²) in [6.45, 7) is 2.55. The van der Waals surface area contributed by atoms with Gasteiger partial charge in [-0.25, -0.2) is 0 Å². The third-order valence-corrected chi connectivity index (χ3v) is 5.59. The highest BCUT2D eigenvalue weighted by Gasteiger charge is 2.41. The number of rotatable bonds is 4. The molecule has 1 aromatic carbocycles. The number of β-amino-alcohol motifs (C(OH)–C–C–N with tert-alkyl or cyclic N) is 1. The van der Waals surface area contributed by atoms with E-state index in [9.17, 15) is 14.7 Å². The zero-order valence-corrected chi connectivity index (χ0v) is 14.5. The van der Waals surface area contributed by atoms with Crippen molar-refractivity contribution in [2.24, 2.45) is 5.41 Å². The summed E-state index contributed by atoms with van der Waals surface area (Å²) in [6.07, 6.45) is 3.59. The summed E-state index contributed by atoms with van der Waals surface area (Å²) in [7, 11) is 0. The van der Waals surface area contributed by atoms with Crippen LogP contribution in [0, 0.1) is 5.41 Å². The number of carbonyl (C=O) groups is 2. The summed E-state index contributed by atoms with van der Waals surface area (Å²) >= 11 is 0. The van der Waals surface area contributed by atoms with Gasteiger partial charge in [0.1, 0.15) is 5.75 Å². The number of carbonyl (C=O) groups excluding carboxylic acids is 2. The molecule has 25 heavy (non-hydrogen) atoms. The predicted molar refractivity (Wildman–Crippen MR) is 93.0 cm³/mol. The first-order valence-electron chi connectivity index (χ1n) is 8.96. The van der Waals surface area contributed by atoms with Crippen LogP contribution in [0.25, 0.3) is 0 Å². The molecule has 0 atom stereocenters. The lowest BCUT2D eigenvalue weighted by Gasteiger charge is -2.47. The molecular formula is C19H26N2O4. The SMILES string of the molecule is O=C(Cc1ccc(O)cc1)N1CCC2(CCC(=O)N(CCO)C2)CC1. The molecule has 3 rings (SSSR count). The second kappa shape index (κ2) is 7.44. The molecule has 1 aromatic rings. The number of hydrogen-bond donors (Lipinski definition) is 2. The van der Waals surface area contributed by atoms with E-state index in [0.29, 0.717) is 25.9 Å². The minimum atomic E-state index is -0.000932. The molecule has 2 saturated heterocycles. The molecule has 2 fully saturated rings. The highest BCUT2D eigenvalue weighted by atomic mass is 16.3. The van der Waals surface area contributed by atoms with E-state index in [1.165, 1.54) is 0 Å². The van der Waals surface area contributed by atoms with Gasteiger partial charge in [0.05, 0.1) is 13.0 Å². The summed E-state index contributed by atoms with van der Waals surface area (Å²) in [5.41, 5.74) is 0.999. The van der Waals surface area contributed by atoms with E-state index in [0.717, 1.165) is 37.9 Å². The van der Waals surface area contributed by atoms with E-state index in [-0.39, 0.29) is 29.6 Å². The van der Waals surface area contributed by atoms with Gasteiger partial charge in [-0.05, 0) is 42.4 Å². The number of hydrogen-bond acceptors (Lipinski definition) is 4. The van der Waals surface area contributed by atoms with Gasteiger partial charge in [-0.2, -0.15) is 0 Å². The summed E-state index contributed by atoms with van der Waals surface area (Å²) in [5, 5.41) is 18.5. The zero-order valence-electron chi connectivity index (χ0n) is 14.5. The van der Waals surface area contributed by atoms with E-state index in [2.05, 4.69) is 0 Å². The fraction of sp³-hybridized carbons (Fsp3) is 0.579. The molecule has 2 N–H and O–H groups in total. The second-order valence-corrected chi connectivity index (χ2v) is 7.26. The molecule has 2 aliphatic heterocycles. The van der Waals surface area contributed by atoms with Crippen LogP contribution < -0.4 is 0 Å². The summed E-state index contributed by atoms with van der Waals surface area (Å²) in [5.74, 6) is 0.445. The minimum absolute atomic E-state index is 0.000932. The van der Waals surface area contributed by atoms with Crippen LogP contribution in [0.3, 0.4) is 0 Å². The van der Waals surface area contributed by atoms with Gasteiger partial charge in [0.15, 0.2) is 0 Å². The average molecular weight is 346 g/mol. The van der Waals surface area contributed by atoms with Crippen molar-refractivity contribution in [2.75, 3.05) is 32.8 Å². The number of aromatic hydroxyl groups is 1. The molecule has 2 aliphatic rings. The molecule has 0 radical (unpaired) electrons. The summed E-state index contributed by atoms with van der Waals surface area (Å²) in [4.78, 5) is 28.1. The predicted octanol–water partition coefficient (Wildman–Crippen LogP) is 1.16. The van der Waals surface area contributed by atoms with E-state index in [1.54, 1.807) is 29.2 Å². The highest BCUT2D eigenvalue weighted by Crippen LogP contribution is 2.40. The largest absolute Gasteiger partial charge is 0.508 e. The number of nitrogens with zero attached hydrogens (tertiary/aromatic N) is 2. The molecule has 0 aromatic heterocycles. The Morgan fingerprint density at radius 2 is 1.80 bits per heavy atom. The molecule has 0 aliphatic carbocycles. The third kappa shape index (κ3) is 4.12. The standard InChI is InChI=1S/C19H26N2O4/c22-12-11-21-14-19(6-5-17(21)24)7-9-20(10-8-19)18(25)13-15-1-3-16(23)4-2-15/h1-4,22-23H,5-14H2. The molecule has 6 heteroatoms. The molecule has 6 nitrogen and oxygen atoms in total. The lowest BCUT2D eigenvalue weighted by atomic mass is 9.72. The molecule has 2 heterocycles. The quantitative estimate of drug-likeness (QED) is 0.857. The Labute approximate surface area is 148 Å². The van der Waals surface area contributed by atoms with Gasteiger partial charge >= 0.3 is 0 Å².